The van der Waals surface area contributed by atoms with Crippen molar-refractivity contribution in [1.29, 1.82) is 0 Å². The van der Waals surface area contributed by atoms with Crippen LogP contribution in [0.15, 0.2) is 24.3 Å². The second-order valence-corrected chi connectivity index (χ2v) is 3.70. The van der Waals surface area contributed by atoms with Gasteiger partial charge in [0.1, 0.15) is 5.75 Å². The highest BCUT2D eigenvalue weighted by Crippen LogP contribution is 2.24. The van der Waals surface area contributed by atoms with E-state index in [2.05, 4.69) is 25.0 Å². The van der Waals surface area contributed by atoms with Crippen LogP contribution in [0.25, 0.3) is 0 Å². The molecule has 3 N–H and O–H groups in total. The van der Waals surface area contributed by atoms with Crippen molar-refractivity contribution in [2.75, 3.05) is 18.2 Å². The second-order valence-electron chi connectivity index (χ2n) is 3.70. The average molecular weight is 301 g/mol. The van der Waals surface area contributed by atoms with Gasteiger partial charge in [0.2, 0.25) is 11.9 Å². The summed E-state index contributed by atoms with van der Waals surface area (Å²) in [5, 5.41) is 2.75. The van der Waals surface area contributed by atoms with Gasteiger partial charge in [-0.1, -0.05) is 0 Å². The van der Waals surface area contributed by atoms with Crippen LogP contribution in [-0.2, 0) is 0 Å². The third kappa shape index (κ3) is 4.37. The summed E-state index contributed by atoms with van der Waals surface area (Å²) < 4.78 is 44.6. The third-order valence-corrected chi connectivity index (χ3v) is 2.16. The van der Waals surface area contributed by atoms with E-state index in [0.717, 1.165) is 12.1 Å². The molecule has 1 heterocycles. The lowest BCUT2D eigenvalue weighted by Gasteiger charge is -2.10. The minimum atomic E-state index is -4.73. The normalized spacial score (nSPS) is 11.0. The van der Waals surface area contributed by atoms with E-state index in [1.807, 2.05) is 0 Å². The van der Waals surface area contributed by atoms with Gasteiger partial charge in [0.25, 0.3) is 0 Å². The maximum Gasteiger partial charge on any atom is 0.573 e. The summed E-state index contributed by atoms with van der Waals surface area (Å²) in [7, 11) is 1.36. The SMILES string of the molecule is COc1nc(N)nc(Nc2ccc(OC(F)(F)F)cc2)n1. The molecule has 0 atom stereocenters. The number of nitrogens with two attached hydrogens (primary N) is 1. The first-order chi connectivity index (χ1) is 9.85. The first-order valence-corrected chi connectivity index (χ1v) is 5.54. The first kappa shape index (κ1) is 14.6. The Morgan fingerprint density at radius 3 is 2.33 bits per heavy atom. The van der Waals surface area contributed by atoms with Gasteiger partial charge in [-0.05, 0) is 24.3 Å². The van der Waals surface area contributed by atoms with Crippen LogP contribution < -0.4 is 20.5 Å². The highest BCUT2D eigenvalue weighted by Gasteiger charge is 2.30. The third-order valence-electron chi connectivity index (χ3n) is 2.16. The molecule has 0 aliphatic heterocycles. The van der Waals surface area contributed by atoms with Crippen molar-refractivity contribution < 1.29 is 22.6 Å². The van der Waals surface area contributed by atoms with Crippen molar-refractivity contribution in [2.24, 2.45) is 0 Å². The standard InChI is InChI=1S/C11H10F3N5O2/c1-20-10-18-8(15)17-9(19-10)16-6-2-4-7(5-3-6)21-11(12,13)14/h2-5H,1H3,(H3,15,16,17,18,19). The van der Waals surface area contributed by atoms with Crippen molar-refractivity contribution in [3.05, 3.63) is 24.3 Å². The number of nitrogen functional groups attached to an aromatic ring is 1. The molecule has 0 unspecified atom stereocenters. The number of nitrogens with zero attached hydrogens (tertiary/aromatic N) is 3. The van der Waals surface area contributed by atoms with Crippen LogP contribution in [0, 0.1) is 0 Å². The molecular formula is C11H10F3N5O2. The number of methoxy groups -OCH3 is 1. The first-order valence-electron chi connectivity index (χ1n) is 5.54. The van der Waals surface area contributed by atoms with Crippen molar-refractivity contribution in [3.8, 4) is 11.8 Å². The average Bonchev–Trinajstić information content (AvgIpc) is 2.38. The van der Waals surface area contributed by atoms with Crippen molar-refractivity contribution in [1.82, 2.24) is 15.0 Å². The number of hydrogen-bond donors (Lipinski definition) is 2. The van der Waals surface area contributed by atoms with E-state index in [0.29, 0.717) is 5.69 Å². The Morgan fingerprint density at radius 1 is 1.10 bits per heavy atom. The molecule has 0 saturated carbocycles. The number of rotatable bonds is 4. The molecule has 1 aromatic carbocycles. The van der Waals surface area contributed by atoms with Crippen LogP contribution in [0.3, 0.4) is 0 Å². The molecule has 0 fully saturated rings. The van der Waals surface area contributed by atoms with E-state index in [9.17, 15) is 13.2 Å². The van der Waals surface area contributed by atoms with Crippen molar-refractivity contribution in [2.45, 2.75) is 6.36 Å². The number of aromatic nitrogens is 3. The fourth-order valence-electron chi connectivity index (χ4n) is 1.39. The molecule has 0 bridgehead atoms. The Balaban J connectivity index is 2.11. The van der Waals surface area contributed by atoms with Crippen LogP contribution in [0.1, 0.15) is 0 Å². The Hall–Kier alpha value is -2.78. The minimum Gasteiger partial charge on any atom is -0.467 e. The van der Waals surface area contributed by atoms with Crippen LogP contribution in [0.5, 0.6) is 11.8 Å². The number of anilines is 3. The van der Waals surface area contributed by atoms with E-state index in [-0.39, 0.29) is 23.7 Å². The van der Waals surface area contributed by atoms with E-state index in [1.54, 1.807) is 0 Å². The molecule has 0 saturated heterocycles. The van der Waals surface area contributed by atoms with Gasteiger partial charge in [0.15, 0.2) is 0 Å². The predicted octanol–water partition coefficient (Wildman–Crippen LogP) is 2.10. The number of halogens is 3. The highest BCUT2D eigenvalue weighted by atomic mass is 19.4. The molecule has 0 spiro atoms. The Kier molecular flexibility index (Phi) is 3.96. The summed E-state index contributed by atoms with van der Waals surface area (Å²) in [5.41, 5.74) is 5.90. The summed E-state index contributed by atoms with van der Waals surface area (Å²) in [6.45, 7) is 0. The van der Waals surface area contributed by atoms with Gasteiger partial charge in [-0.2, -0.15) is 15.0 Å². The number of nitrogens with one attached hydrogen (secondary N) is 1. The second kappa shape index (κ2) is 5.69. The molecule has 0 radical (unpaired) electrons. The lowest BCUT2D eigenvalue weighted by Crippen LogP contribution is -2.17. The van der Waals surface area contributed by atoms with E-state index in [1.165, 1.54) is 19.2 Å². The Bertz CT molecular complexity index is 618. The molecule has 0 aliphatic rings. The monoisotopic (exact) mass is 301 g/mol. The minimum absolute atomic E-state index is 0.0158. The largest absolute Gasteiger partial charge is 0.573 e. The molecule has 0 amide bonds. The van der Waals surface area contributed by atoms with Crippen molar-refractivity contribution in [3.63, 3.8) is 0 Å². The number of hydrogen-bond acceptors (Lipinski definition) is 7. The van der Waals surface area contributed by atoms with Crippen LogP contribution in [0.4, 0.5) is 30.8 Å². The zero-order chi connectivity index (χ0) is 15.5. The molecule has 10 heteroatoms. The van der Waals surface area contributed by atoms with Gasteiger partial charge in [-0.15, -0.1) is 13.2 Å². The maximum absolute atomic E-state index is 12.0. The molecule has 7 nitrogen and oxygen atoms in total. The van der Waals surface area contributed by atoms with Gasteiger partial charge in [0, 0.05) is 5.69 Å². The molecular weight excluding hydrogens is 291 g/mol. The summed E-state index contributed by atoms with van der Waals surface area (Å²) in [6.07, 6.45) is -4.73. The van der Waals surface area contributed by atoms with E-state index < -0.39 is 6.36 Å². The summed E-state index contributed by atoms with van der Waals surface area (Å²) >= 11 is 0. The zero-order valence-electron chi connectivity index (χ0n) is 10.7. The summed E-state index contributed by atoms with van der Waals surface area (Å²) in [4.78, 5) is 11.4. The van der Waals surface area contributed by atoms with E-state index >= 15 is 0 Å². The fraction of sp³-hybridized carbons (Fsp3) is 0.182. The summed E-state index contributed by atoms with van der Waals surface area (Å²) in [5.74, 6) is -0.286. The molecule has 112 valence electrons. The highest BCUT2D eigenvalue weighted by molar-refractivity contribution is 5.55. The van der Waals surface area contributed by atoms with Gasteiger partial charge in [-0.3, -0.25) is 0 Å². The Morgan fingerprint density at radius 2 is 1.76 bits per heavy atom. The van der Waals surface area contributed by atoms with Gasteiger partial charge in [0.05, 0.1) is 7.11 Å². The van der Waals surface area contributed by atoms with Crippen molar-refractivity contribution >= 4 is 17.6 Å². The number of alkyl halides is 3. The molecule has 2 rings (SSSR count). The lowest BCUT2D eigenvalue weighted by molar-refractivity contribution is -0.274. The van der Waals surface area contributed by atoms with E-state index in [4.69, 9.17) is 10.5 Å². The molecule has 0 aliphatic carbocycles. The fourth-order valence-corrected chi connectivity index (χ4v) is 1.39. The summed E-state index contributed by atoms with van der Waals surface area (Å²) in [6, 6.07) is 5.05. The topological polar surface area (TPSA) is 95.2 Å². The van der Waals surface area contributed by atoms with Crippen LogP contribution in [0.2, 0.25) is 0 Å². The lowest BCUT2D eigenvalue weighted by atomic mass is 10.3. The molecule has 1 aromatic heterocycles. The quantitative estimate of drug-likeness (QED) is 0.892. The Labute approximate surface area is 116 Å². The zero-order valence-corrected chi connectivity index (χ0v) is 10.7. The van der Waals surface area contributed by atoms with Gasteiger partial charge >= 0.3 is 12.4 Å². The number of ether oxygens (including phenoxy) is 2. The van der Waals surface area contributed by atoms with Gasteiger partial charge in [-0.25, -0.2) is 0 Å². The van der Waals surface area contributed by atoms with Gasteiger partial charge < -0.3 is 20.5 Å². The molecule has 21 heavy (non-hydrogen) atoms. The number of benzene rings is 1. The van der Waals surface area contributed by atoms with Crippen LogP contribution >= 0.6 is 0 Å². The molecule has 2 aromatic rings. The van der Waals surface area contributed by atoms with Crippen LogP contribution in [-0.4, -0.2) is 28.4 Å². The smallest absolute Gasteiger partial charge is 0.467 e. The predicted molar refractivity (Wildman–Crippen MR) is 67.2 cm³/mol. The maximum atomic E-state index is 12.0.